The zero-order valence-electron chi connectivity index (χ0n) is 34.0. The Hall–Kier alpha value is -5.78. The summed E-state index contributed by atoms with van der Waals surface area (Å²) < 4.78 is 8.88. The van der Waals surface area contributed by atoms with Crippen molar-refractivity contribution in [2.45, 2.75) is 53.1 Å². The minimum atomic E-state index is -0.0881. The molecule has 0 saturated heterocycles. The van der Waals surface area contributed by atoms with Crippen LogP contribution in [0.25, 0.3) is 69.1 Å². The summed E-state index contributed by atoms with van der Waals surface area (Å²) in [6.45, 7) is 12.0. The molecule has 0 spiro atoms. The third-order valence-electron chi connectivity index (χ3n) is 11.6. The topological polar surface area (TPSA) is 84.6 Å². The molecule has 2 atom stereocenters. The molecule has 57 heavy (non-hydrogen) atoms. The van der Waals surface area contributed by atoms with Gasteiger partial charge in [0.1, 0.15) is 37.1 Å². The van der Waals surface area contributed by atoms with E-state index >= 15 is 0 Å². The van der Waals surface area contributed by atoms with Crippen LogP contribution in [0.15, 0.2) is 73.9 Å². The van der Waals surface area contributed by atoms with E-state index in [-0.39, 0.29) is 29.4 Å². The van der Waals surface area contributed by atoms with Crippen molar-refractivity contribution < 1.29 is 26.2 Å². The van der Waals surface area contributed by atoms with Gasteiger partial charge in [0.15, 0.2) is 0 Å². The molecule has 0 aromatic carbocycles. The summed E-state index contributed by atoms with van der Waals surface area (Å²) in [5, 5.41) is 0. The normalized spacial score (nSPS) is 17.2. The zero-order chi connectivity index (χ0) is 38.8. The van der Waals surface area contributed by atoms with Gasteiger partial charge in [0.05, 0.1) is 61.1 Å². The average Bonchev–Trinajstić information content (AvgIpc) is 4.06. The van der Waals surface area contributed by atoms with E-state index in [1.54, 1.807) is 0 Å². The van der Waals surface area contributed by atoms with Gasteiger partial charge in [-0.2, -0.15) is 0 Å². The molecule has 0 aliphatic carbocycles. The van der Waals surface area contributed by atoms with E-state index in [2.05, 4.69) is 192 Å². The van der Waals surface area contributed by atoms with Gasteiger partial charge >= 0.3 is 17.1 Å². The second-order valence-electron chi connectivity index (χ2n) is 14.8. The van der Waals surface area contributed by atoms with Crippen molar-refractivity contribution in [1.29, 1.82) is 0 Å². The molecule has 291 valence electrons. The first-order valence-corrected chi connectivity index (χ1v) is 19.7. The molecule has 9 rings (SSSR count). The number of aromatic nitrogens is 8. The molecule has 8 bridgehead atoms. The molecule has 0 N–H and O–H groups in total. The molecule has 5 aromatic rings. The first-order valence-electron chi connectivity index (χ1n) is 19.7. The Morgan fingerprint density at radius 2 is 0.930 bits per heavy atom. The summed E-state index contributed by atoms with van der Waals surface area (Å²) in [5.41, 5.74) is 11.1. The summed E-state index contributed by atoms with van der Waals surface area (Å²) in [7, 11) is 8.45. The number of nitrogens with zero attached hydrogens (tertiary/aromatic N) is 12. The Kier molecular flexibility index (Phi) is 9.99. The maximum atomic E-state index is 5.54. The monoisotopic (exact) mass is 801 g/mol. The van der Waals surface area contributed by atoms with Crippen molar-refractivity contribution in [3.05, 3.63) is 108 Å². The van der Waals surface area contributed by atoms with E-state index in [9.17, 15) is 0 Å². The van der Waals surface area contributed by atoms with Crippen molar-refractivity contribution in [2.24, 2.45) is 14.1 Å². The molecule has 0 fully saturated rings. The van der Waals surface area contributed by atoms with E-state index < -0.39 is 0 Å². The molecule has 13 heteroatoms. The predicted molar refractivity (Wildman–Crippen MR) is 221 cm³/mol. The molecule has 4 aliphatic rings. The van der Waals surface area contributed by atoms with Crippen LogP contribution in [0.5, 0.6) is 0 Å². The van der Waals surface area contributed by atoms with Gasteiger partial charge in [-0.05, 0) is 52.0 Å². The molecule has 12 nitrogen and oxygen atoms in total. The second kappa shape index (κ2) is 14.9. The molecule has 0 amide bonds. The minimum Gasteiger partial charge on any atom is -0.657 e. The van der Waals surface area contributed by atoms with Crippen molar-refractivity contribution in [1.82, 2.24) is 48.7 Å². The van der Waals surface area contributed by atoms with Crippen LogP contribution in [0.4, 0.5) is 0 Å². The number of aryl methyl sites for hydroxylation is 4. The Morgan fingerprint density at radius 1 is 0.544 bits per heavy atom. The third-order valence-corrected chi connectivity index (χ3v) is 11.6. The molecular formula is C44H50MnN12+2. The Balaban J connectivity index is 0.00000455. The van der Waals surface area contributed by atoms with Gasteiger partial charge in [-0.1, -0.05) is 24.3 Å². The van der Waals surface area contributed by atoms with Gasteiger partial charge in [-0.3, -0.25) is 0 Å². The van der Waals surface area contributed by atoms with Crippen LogP contribution in [0.1, 0.15) is 73.9 Å². The molecule has 5 aromatic heterocycles. The summed E-state index contributed by atoms with van der Waals surface area (Å²) in [6, 6.07) is 8.63. The predicted octanol–water partition coefficient (Wildman–Crippen LogP) is 6.01. The molecule has 9 heterocycles. The molecule has 1 radical (unpaired) electrons. The Labute approximate surface area is 344 Å². The fraction of sp³-hybridized carbons (Fsp3) is 0.318. The van der Waals surface area contributed by atoms with E-state index in [0.29, 0.717) is 0 Å². The second-order valence-corrected chi connectivity index (χ2v) is 14.8. The van der Waals surface area contributed by atoms with Crippen LogP contribution in [0.3, 0.4) is 0 Å². The summed E-state index contributed by atoms with van der Waals surface area (Å²) >= 11 is 0. The smallest absolute Gasteiger partial charge is 0.657 e. The minimum absolute atomic E-state index is 0. The van der Waals surface area contributed by atoms with Gasteiger partial charge in [0.25, 0.3) is 11.6 Å². The zero-order valence-corrected chi connectivity index (χ0v) is 35.1. The van der Waals surface area contributed by atoms with Crippen molar-refractivity contribution in [3.8, 4) is 22.8 Å². The van der Waals surface area contributed by atoms with Gasteiger partial charge in [0, 0.05) is 63.1 Å². The molecular weight excluding hydrogens is 752 g/mol. The number of rotatable bonds is 8. The summed E-state index contributed by atoms with van der Waals surface area (Å²) in [6.07, 6.45) is 25.5. The van der Waals surface area contributed by atoms with Crippen LogP contribution < -0.4 is 19.1 Å². The Bertz CT molecular complexity index is 2470. The van der Waals surface area contributed by atoms with Crippen LogP contribution in [0, 0.1) is 0 Å². The maximum Gasteiger partial charge on any atom is 2.00 e. The standard InChI is InChI=1S/C44H50N12.Mn/c1-9-53-25-21-49(5)41(53)37-29-13-15-31(45-29)38(42-50(6)22-26-54(42)10-2)33-17-19-35(47-33)40(44-52(8)24-28-56(44)12-4)36-20-18-34(48-36)39(32-16-14-30(37)46-32)43-51(7)23-27-55(43)11-3;/h13-28,41-42H,9-12H2,1-8H3;/q;+2. The fourth-order valence-electron chi connectivity index (χ4n) is 8.79. The summed E-state index contributed by atoms with van der Waals surface area (Å²) in [5.74, 6) is 2.08. The van der Waals surface area contributed by atoms with Crippen molar-refractivity contribution in [3.63, 3.8) is 0 Å². The molecule has 2 unspecified atom stereocenters. The van der Waals surface area contributed by atoms with Crippen LogP contribution >= 0.6 is 0 Å². The maximum absolute atomic E-state index is 5.54. The van der Waals surface area contributed by atoms with Crippen LogP contribution in [-0.2, 0) is 44.3 Å². The van der Waals surface area contributed by atoms with Crippen LogP contribution in [-0.4, -0.2) is 65.9 Å². The van der Waals surface area contributed by atoms with Gasteiger partial charge < -0.3 is 29.6 Å². The molecule has 4 aliphatic heterocycles. The average molecular weight is 802 g/mol. The van der Waals surface area contributed by atoms with Crippen LogP contribution in [0.2, 0.25) is 0 Å². The first-order chi connectivity index (χ1) is 27.2. The SMILES string of the molecule is CCN1C=CN(C)C1c1c2nc(c(-c3n(CC)cc[n+]3C)c3ccc([n-]3)c(-c3n(CC)cc[n+]3C)c3nc(c(C4N(C)C=CN4CC)c4ccc1[n-]4)C=C3)C=C2.[Mn+2]. The van der Waals surface area contributed by atoms with E-state index in [1.807, 2.05) is 0 Å². The van der Waals surface area contributed by atoms with E-state index in [0.717, 1.165) is 105 Å². The van der Waals surface area contributed by atoms with Crippen molar-refractivity contribution in [2.75, 3.05) is 27.2 Å². The van der Waals surface area contributed by atoms with E-state index in [4.69, 9.17) is 19.9 Å². The fourth-order valence-corrected chi connectivity index (χ4v) is 8.79. The van der Waals surface area contributed by atoms with Gasteiger partial charge in [-0.15, -0.1) is 22.1 Å². The quantitative estimate of drug-likeness (QED) is 0.137. The number of hydrogen-bond acceptors (Lipinski definition) is 6. The van der Waals surface area contributed by atoms with Gasteiger partial charge in [-0.25, -0.2) is 28.2 Å². The van der Waals surface area contributed by atoms with Crippen molar-refractivity contribution >= 4 is 46.4 Å². The molecule has 0 saturated carbocycles. The van der Waals surface area contributed by atoms with E-state index in [1.165, 1.54) is 0 Å². The number of imidazole rings is 2. The first kappa shape index (κ1) is 38.1. The number of hydrogen-bond donors (Lipinski definition) is 0. The summed E-state index contributed by atoms with van der Waals surface area (Å²) in [4.78, 5) is 31.3. The largest absolute Gasteiger partial charge is 2.00 e. The Morgan fingerprint density at radius 3 is 1.33 bits per heavy atom. The third kappa shape index (κ3) is 6.11. The number of fused-ring (bicyclic) bond motifs is 8. The van der Waals surface area contributed by atoms with Gasteiger partial charge in [0.2, 0.25) is 0 Å².